The number of H-pyrrole nitrogens is 1. The molecule has 1 atom stereocenters. The van der Waals surface area contributed by atoms with Gasteiger partial charge in [0.25, 0.3) is 0 Å². The molecule has 35 heavy (non-hydrogen) atoms. The van der Waals surface area contributed by atoms with Crippen LogP contribution in [-0.2, 0) is 11.3 Å². The fraction of sp³-hybridized carbons (Fsp3) is 0.478. The van der Waals surface area contributed by atoms with Gasteiger partial charge in [-0.05, 0) is 13.0 Å². The zero-order valence-electron chi connectivity index (χ0n) is 20.3. The Labute approximate surface area is 208 Å². The molecule has 1 aliphatic rings. The molecule has 5 heterocycles. The lowest BCUT2D eigenvalue weighted by atomic mass is 10.1. The first kappa shape index (κ1) is 23.5. The van der Waals surface area contributed by atoms with Gasteiger partial charge in [0, 0.05) is 77.1 Å². The van der Waals surface area contributed by atoms with Crippen molar-refractivity contribution >= 4 is 34.3 Å². The van der Waals surface area contributed by atoms with Crippen molar-refractivity contribution in [3.8, 4) is 0 Å². The summed E-state index contributed by atoms with van der Waals surface area (Å²) in [5, 5.41) is 3.23. The van der Waals surface area contributed by atoms with Crippen molar-refractivity contribution in [1.82, 2.24) is 39.8 Å². The molecule has 0 aromatic carbocycles. The maximum atomic E-state index is 5.28. The maximum Gasteiger partial charge on any atom is 0.225 e. The Morgan fingerprint density at radius 3 is 2.77 bits per heavy atom. The van der Waals surface area contributed by atoms with E-state index in [0.717, 1.165) is 60.0 Å². The molecule has 1 unspecified atom stereocenters. The normalized spacial score (nSPS) is 17.1. The summed E-state index contributed by atoms with van der Waals surface area (Å²) in [6.07, 6.45) is 5.24. The van der Waals surface area contributed by atoms with E-state index in [9.17, 15) is 0 Å². The number of methoxy groups -OCH3 is 1. The highest BCUT2D eigenvalue weighted by Gasteiger charge is 2.29. The molecular formula is C23H30N10OS. The Balaban J connectivity index is 1.49. The van der Waals surface area contributed by atoms with Gasteiger partial charge in [-0.15, -0.1) is 11.3 Å². The van der Waals surface area contributed by atoms with Gasteiger partial charge in [0.05, 0.1) is 23.6 Å². The lowest BCUT2D eigenvalue weighted by Crippen LogP contribution is -2.31. The van der Waals surface area contributed by atoms with E-state index in [4.69, 9.17) is 14.7 Å². The zero-order chi connectivity index (χ0) is 24.2. The number of hydrogen-bond donors (Lipinski definition) is 1. The minimum absolute atomic E-state index is 0.0386. The zero-order valence-corrected chi connectivity index (χ0v) is 21.1. The quantitative estimate of drug-likeness (QED) is 0.391. The first-order valence-corrected chi connectivity index (χ1v) is 12.5. The van der Waals surface area contributed by atoms with Crippen molar-refractivity contribution in [1.29, 1.82) is 0 Å². The van der Waals surface area contributed by atoms with Crippen molar-refractivity contribution in [3.05, 3.63) is 46.7 Å². The highest BCUT2D eigenvalue weighted by molar-refractivity contribution is 7.09. The van der Waals surface area contributed by atoms with E-state index >= 15 is 0 Å². The van der Waals surface area contributed by atoms with Gasteiger partial charge in [-0.2, -0.15) is 0 Å². The van der Waals surface area contributed by atoms with Crippen LogP contribution in [0.25, 0.3) is 11.2 Å². The number of nitrogens with one attached hydrogen (secondary N) is 1. The topological polar surface area (TPSA) is 112 Å². The van der Waals surface area contributed by atoms with Crippen molar-refractivity contribution in [2.24, 2.45) is 0 Å². The summed E-state index contributed by atoms with van der Waals surface area (Å²) in [6, 6.07) is 1.84. The summed E-state index contributed by atoms with van der Waals surface area (Å²) in [5.74, 6) is 2.36. The number of aromatic amines is 1. The van der Waals surface area contributed by atoms with E-state index in [2.05, 4.69) is 45.0 Å². The van der Waals surface area contributed by atoms with Crippen LogP contribution in [0, 0.1) is 6.92 Å². The monoisotopic (exact) mass is 494 g/mol. The molecule has 4 aromatic rings. The number of nitrogens with zero attached hydrogens (tertiary/aromatic N) is 9. The van der Waals surface area contributed by atoms with E-state index in [1.54, 1.807) is 37.2 Å². The Morgan fingerprint density at radius 1 is 1.14 bits per heavy atom. The second-order valence-electron chi connectivity index (χ2n) is 8.71. The summed E-state index contributed by atoms with van der Waals surface area (Å²) >= 11 is 1.69. The number of hydrogen-bond acceptors (Lipinski definition) is 11. The van der Waals surface area contributed by atoms with Gasteiger partial charge >= 0.3 is 0 Å². The lowest BCUT2D eigenvalue weighted by molar-refractivity contribution is 0.206. The van der Waals surface area contributed by atoms with E-state index in [0.29, 0.717) is 25.3 Å². The van der Waals surface area contributed by atoms with Crippen LogP contribution in [0.15, 0.2) is 30.2 Å². The minimum atomic E-state index is 0.0386. The standard InChI is InChI=1S/C23H30N10OS/c1-16-28-18(14-35-16)13-32-7-8-33(23-24-5-4-6-25-23)12-17(11-32)20-29-21-19(26-15-27-21)22(30-20)31(2)9-10-34-3/h4-6,14-15,17H,7-13H2,1-3H3,(H,26,27,29,30). The van der Waals surface area contributed by atoms with Crippen LogP contribution in [0.3, 0.4) is 0 Å². The molecule has 0 radical (unpaired) electrons. The third-order valence-corrected chi connectivity index (χ3v) is 6.96. The van der Waals surface area contributed by atoms with Crippen LogP contribution < -0.4 is 9.80 Å². The number of likely N-dealkylation sites (N-methyl/N-ethyl adjacent to an activating group) is 1. The van der Waals surface area contributed by atoms with E-state index in [-0.39, 0.29) is 5.92 Å². The van der Waals surface area contributed by atoms with Crippen LogP contribution in [0.5, 0.6) is 0 Å². The molecule has 0 amide bonds. The Bertz CT molecular complexity index is 1250. The van der Waals surface area contributed by atoms with E-state index in [1.165, 1.54) is 0 Å². The van der Waals surface area contributed by atoms with Crippen molar-refractivity contribution < 1.29 is 4.74 Å². The molecule has 12 heteroatoms. The van der Waals surface area contributed by atoms with Crippen molar-refractivity contribution in [2.45, 2.75) is 19.4 Å². The van der Waals surface area contributed by atoms with Gasteiger partial charge in [-0.25, -0.2) is 29.9 Å². The van der Waals surface area contributed by atoms with Crippen LogP contribution >= 0.6 is 11.3 Å². The first-order chi connectivity index (χ1) is 17.1. The molecule has 1 aliphatic heterocycles. The summed E-state index contributed by atoms with van der Waals surface area (Å²) in [7, 11) is 3.72. The average molecular weight is 495 g/mol. The van der Waals surface area contributed by atoms with Crippen LogP contribution in [0.4, 0.5) is 11.8 Å². The maximum absolute atomic E-state index is 5.28. The number of fused-ring (bicyclic) bond motifs is 1. The third kappa shape index (κ3) is 5.39. The average Bonchev–Trinajstić information content (AvgIpc) is 3.46. The second kappa shape index (κ2) is 10.6. The van der Waals surface area contributed by atoms with Crippen LogP contribution in [-0.4, -0.2) is 93.3 Å². The SMILES string of the molecule is COCCN(C)c1nc(C2CN(Cc3csc(C)n3)CCN(c3ncccn3)C2)nc2nc[nH]c12. The summed E-state index contributed by atoms with van der Waals surface area (Å²) in [5.41, 5.74) is 2.60. The largest absolute Gasteiger partial charge is 0.383 e. The van der Waals surface area contributed by atoms with Crippen LogP contribution in [0.1, 0.15) is 22.4 Å². The Hall–Kier alpha value is -3.22. The highest BCUT2D eigenvalue weighted by atomic mass is 32.1. The van der Waals surface area contributed by atoms with Crippen LogP contribution in [0.2, 0.25) is 0 Å². The number of thiazole rings is 1. The number of aromatic nitrogens is 7. The molecular weight excluding hydrogens is 464 g/mol. The summed E-state index contributed by atoms with van der Waals surface area (Å²) < 4.78 is 5.28. The molecule has 1 N–H and O–H groups in total. The summed E-state index contributed by atoms with van der Waals surface area (Å²) in [6.45, 7) is 7.36. The smallest absolute Gasteiger partial charge is 0.225 e. The molecule has 0 saturated carbocycles. The number of aryl methyl sites for hydroxylation is 1. The number of ether oxygens (including phenoxy) is 1. The lowest BCUT2D eigenvalue weighted by Gasteiger charge is -2.25. The highest BCUT2D eigenvalue weighted by Crippen LogP contribution is 2.27. The van der Waals surface area contributed by atoms with Gasteiger partial charge in [0.1, 0.15) is 11.3 Å². The van der Waals surface area contributed by atoms with Crippen molar-refractivity contribution in [2.75, 3.05) is 63.3 Å². The molecule has 1 saturated heterocycles. The Kier molecular flexibility index (Phi) is 7.11. The molecule has 5 rings (SSSR count). The van der Waals surface area contributed by atoms with E-state index in [1.807, 2.05) is 20.0 Å². The number of rotatable bonds is 8. The second-order valence-corrected chi connectivity index (χ2v) is 9.77. The summed E-state index contributed by atoms with van der Waals surface area (Å²) in [4.78, 5) is 38.0. The van der Waals surface area contributed by atoms with Gasteiger partial charge < -0.3 is 19.5 Å². The molecule has 0 spiro atoms. The predicted molar refractivity (Wildman–Crippen MR) is 136 cm³/mol. The van der Waals surface area contributed by atoms with Gasteiger partial charge in [-0.1, -0.05) is 0 Å². The molecule has 11 nitrogen and oxygen atoms in total. The fourth-order valence-electron chi connectivity index (χ4n) is 4.36. The number of imidazole rings is 1. The van der Waals surface area contributed by atoms with Gasteiger partial charge in [-0.3, -0.25) is 4.90 Å². The number of anilines is 2. The molecule has 4 aromatic heterocycles. The van der Waals surface area contributed by atoms with Gasteiger partial charge in [0.15, 0.2) is 11.5 Å². The molecule has 0 bridgehead atoms. The minimum Gasteiger partial charge on any atom is -0.383 e. The predicted octanol–water partition coefficient (Wildman–Crippen LogP) is 2.10. The first-order valence-electron chi connectivity index (χ1n) is 11.7. The van der Waals surface area contributed by atoms with E-state index < -0.39 is 0 Å². The van der Waals surface area contributed by atoms with Gasteiger partial charge in [0.2, 0.25) is 5.95 Å². The Morgan fingerprint density at radius 2 is 2.00 bits per heavy atom. The molecule has 1 fully saturated rings. The van der Waals surface area contributed by atoms with Crippen molar-refractivity contribution in [3.63, 3.8) is 0 Å². The third-order valence-electron chi connectivity index (χ3n) is 6.13. The fourth-order valence-corrected chi connectivity index (χ4v) is 4.96. The molecule has 184 valence electrons. The molecule has 0 aliphatic carbocycles.